The zero-order chi connectivity index (χ0) is 39.9. The van der Waals surface area contributed by atoms with Crippen molar-refractivity contribution in [3.05, 3.63) is 152 Å². The molecule has 4 rings (SSSR count). The highest BCUT2D eigenvalue weighted by molar-refractivity contribution is 7.91. The maximum Gasteiger partial charge on any atom is 0.411 e. The Bertz CT molecular complexity index is 2040. The normalized spacial score (nSPS) is 12.1. The Morgan fingerprint density at radius 1 is 0.611 bits per heavy atom. The molecule has 0 aliphatic heterocycles. The van der Waals surface area contributed by atoms with E-state index in [0.717, 1.165) is 42.0 Å². The molecule has 4 aromatic rings. The molecule has 0 heterocycles. The lowest BCUT2D eigenvalue weighted by Gasteiger charge is -2.39. The Labute approximate surface area is 311 Å². The van der Waals surface area contributed by atoms with Crippen LogP contribution in [0.15, 0.2) is 145 Å². The fraction of sp³-hybridized carbons (Fsp3) is 0.220. The molecule has 0 radical (unpaired) electrons. The summed E-state index contributed by atoms with van der Waals surface area (Å²) < 4.78 is 131. The van der Waals surface area contributed by atoms with Crippen molar-refractivity contribution in [2.45, 2.75) is 34.5 Å². The Kier molecular flexibility index (Phi) is 12.8. The first kappa shape index (κ1) is 41.3. The van der Waals surface area contributed by atoms with Gasteiger partial charge in [0, 0.05) is 26.2 Å². The van der Waals surface area contributed by atoms with Crippen molar-refractivity contribution in [1.29, 1.82) is 0 Å². The van der Waals surface area contributed by atoms with E-state index in [1.807, 2.05) is 6.92 Å². The highest BCUT2D eigenvalue weighted by atomic mass is 32.2. The van der Waals surface area contributed by atoms with Crippen LogP contribution in [0.1, 0.15) is 16.7 Å². The van der Waals surface area contributed by atoms with Gasteiger partial charge in [-0.3, -0.25) is 0 Å². The van der Waals surface area contributed by atoms with E-state index in [9.17, 15) is 8.42 Å². The monoisotopic (exact) mass is 770 g/mol. The largest absolute Gasteiger partial charge is 0.495 e. The number of methoxy groups -OCH3 is 1. The van der Waals surface area contributed by atoms with Crippen molar-refractivity contribution >= 4 is 21.2 Å². The quantitative estimate of drug-likeness (QED) is 0.0787. The van der Waals surface area contributed by atoms with Crippen molar-refractivity contribution in [3.8, 4) is 17.2 Å². The summed E-state index contributed by atoms with van der Waals surface area (Å²) in [5.41, 5.74) is -6.03. The maximum atomic E-state index is 15.5. The van der Waals surface area contributed by atoms with Crippen LogP contribution < -0.4 is 19.3 Å². The zero-order valence-electron chi connectivity index (χ0n) is 29.8. The van der Waals surface area contributed by atoms with Gasteiger partial charge in [-0.1, -0.05) is 54.1 Å². The molecule has 6 nitrogen and oxygen atoms in total. The fourth-order valence-electron chi connectivity index (χ4n) is 6.07. The molecule has 4 aromatic carbocycles. The van der Waals surface area contributed by atoms with Gasteiger partial charge in [0.2, 0.25) is 15.3 Å². The summed E-state index contributed by atoms with van der Waals surface area (Å²) in [5.74, 6) is 0.0191. The van der Waals surface area contributed by atoms with Crippen LogP contribution in [0.3, 0.4) is 0 Å². The summed E-state index contributed by atoms with van der Waals surface area (Å²) >= 11 is 0. The van der Waals surface area contributed by atoms with E-state index in [4.69, 9.17) is 9.47 Å². The number of ether oxygens (including phenoxy) is 2. The van der Waals surface area contributed by atoms with Gasteiger partial charge < -0.3 is 19.3 Å². The summed E-state index contributed by atoms with van der Waals surface area (Å²) in [5, 5.41) is 0. The minimum Gasteiger partial charge on any atom is -0.495 e. The molecular weight excluding hydrogens is 731 g/mol. The molecule has 0 saturated heterocycles. The molecule has 0 saturated carbocycles. The Balaban J connectivity index is 1.94. The molecule has 0 aliphatic rings. The number of benzene rings is 4. The zero-order valence-corrected chi connectivity index (χ0v) is 30.6. The summed E-state index contributed by atoms with van der Waals surface area (Å²) in [6.07, 6.45) is -6.06. The lowest BCUT2D eigenvalue weighted by Crippen LogP contribution is -2.55. The molecule has 0 spiro atoms. The molecule has 0 aliphatic carbocycles. The standard InChI is InChI=1S/C41H40F6N2O4S/c1-7-23-48(24-8-2)35-27-30(13-21-37(35)52-6)39(40(42,43)44,41(45,46)47)31-14-22-38(36(28-31)49(25-9-3)26-10-4)53-32-15-19-34(20-16-32)54(50,51)33-17-11-29(5)12-18-33/h7-22,27-28H,1-4,23-26H2,5-6H3. The lowest BCUT2D eigenvalue weighted by atomic mass is 9.72. The van der Waals surface area contributed by atoms with Gasteiger partial charge in [-0.15, -0.1) is 26.3 Å². The van der Waals surface area contributed by atoms with Gasteiger partial charge in [-0.05, 0) is 78.7 Å². The van der Waals surface area contributed by atoms with Gasteiger partial charge in [0.15, 0.2) is 5.75 Å². The molecule has 13 heteroatoms. The number of nitrogens with zero attached hydrogens (tertiary/aromatic N) is 2. The third-order valence-electron chi connectivity index (χ3n) is 8.63. The van der Waals surface area contributed by atoms with Crippen LogP contribution in [0.5, 0.6) is 17.2 Å². The van der Waals surface area contributed by atoms with Gasteiger partial charge in [0.1, 0.15) is 11.5 Å². The number of anilines is 2. The average Bonchev–Trinajstić information content (AvgIpc) is 3.11. The van der Waals surface area contributed by atoms with E-state index in [1.165, 1.54) is 77.6 Å². The summed E-state index contributed by atoms with van der Waals surface area (Å²) in [6.45, 7) is 16.6. The van der Waals surface area contributed by atoms with E-state index in [1.54, 1.807) is 12.1 Å². The van der Waals surface area contributed by atoms with Gasteiger partial charge in [0.25, 0.3) is 0 Å². The predicted molar refractivity (Wildman–Crippen MR) is 201 cm³/mol. The Hall–Kier alpha value is -5.43. The topological polar surface area (TPSA) is 59.1 Å². The minimum atomic E-state index is -5.90. The first-order valence-corrected chi connectivity index (χ1v) is 18.0. The maximum absolute atomic E-state index is 15.5. The molecule has 0 atom stereocenters. The molecule has 0 fully saturated rings. The van der Waals surface area contributed by atoms with Crippen molar-refractivity contribution in [2.24, 2.45) is 0 Å². The first-order valence-electron chi connectivity index (χ1n) is 16.5. The summed E-state index contributed by atoms with van der Waals surface area (Å²) in [7, 11) is -2.64. The van der Waals surface area contributed by atoms with Crippen LogP contribution in [-0.4, -0.2) is 54.1 Å². The summed E-state index contributed by atoms with van der Waals surface area (Å²) in [4.78, 5) is 2.95. The molecular formula is C41H40F6N2O4S. The number of hydrogen-bond donors (Lipinski definition) is 0. The van der Waals surface area contributed by atoms with Crippen LogP contribution in [0.4, 0.5) is 37.7 Å². The van der Waals surface area contributed by atoms with Gasteiger partial charge in [0.05, 0.1) is 28.3 Å². The Morgan fingerprint density at radius 3 is 1.39 bits per heavy atom. The Morgan fingerprint density at radius 2 is 1.00 bits per heavy atom. The van der Waals surface area contributed by atoms with Crippen molar-refractivity contribution in [1.82, 2.24) is 0 Å². The van der Waals surface area contributed by atoms with Crippen molar-refractivity contribution < 1.29 is 44.2 Å². The van der Waals surface area contributed by atoms with Crippen molar-refractivity contribution in [2.75, 3.05) is 43.1 Å². The van der Waals surface area contributed by atoms with Crippen LogP contribution in [0.2, 0.25) is 0 Å². The van der Waals surface area contributed by atoms with Crippen LogP contribution in [0.25, 0.3) is 0 Å². The second-order valence-corrected chi connectivity index (χ2v) is 14.1. The molecule has 0 aromatic heterocycles. The number of aryl methyl sites for hydroxylation is 1. The molecule has 54 heavy (non-hydrogen) atoms. The van der Waals surface area contributed by atoms with Crippen molar-refractivity contribution in [3.63, 3.8) is 0 Å². The highest BCUT2D eigenvalue weighted by Crippen LogP contribution is 2.58. The van der Waals surface area contributed by atoms with Crippen LogP contribution in [0, 0.1) is 6.92 Å². The van der Waals surface area contributed by atoms with E-state index >= 15 is 26.3 Å². The predicted octanol–water partition coefficient (Wildman–Crippen LogP) is 10.4. The SMILES string of the molecule is C=CCN(CC=C)c1cc(C(c2ccc(Oc3ccc(S(=O)(=O)c4ccc(C)cc4)cc3)c(N(CC=C)CC=C)c2)(C(F)(F)F)C(F)(F)F)ccc1OC. The smallest absolute Gasteiger partial charge is 0.411 e. The van der Waals surface area contributed by atoms with Gasteiger partial charge in [-0.25, -0.2) is 8.42 Å². The van der Waals surface area contributed by atoms with Crippen LogP contribution in [-0.2, 0) is 15.3 Å². The van der Waals surface area contributed by atoms with E-state index in [2.05, 4.69) is 26.3 Å². The summed E-state index contributed by atoms with van der Waals surface area (Å²) in [6, 6.07) is 16.8. The van der Waals surface area contributed by atoms with Crippen LogP contribution >= 0.6 is 0 Å². The van der Waals surface area contributed by atoms with Gasteiger partial charge >= 0.3 is 12.4 Å². The molecule has 0 amide bonds. The second kappa shape index (κ2) is 16.7. The molecule has 0 N–H and O–H groups in total. The third kappa shape index (κ3) is 8.20. The van der Waals surface area contributed by atoms with E-state index < -0.39 is 38.7 Å². The number of hydrogen-bond acceptors (Lipinski definition) is 6. The molecule has 0 unspecified atom stereocenters. The minimum absolute atomic E-state index is 0.00461. The number of sulfone groups is 1. The highest BCUT2D eigenvalue weighted by Gasteiger charge is 2.72. The molecule has 286 valence electrons. The lowest BCUT2D eigenvalue weighted by molar-refractivity contribution is -0.288. The van der Waals surface area contributed by atoms with E-state index in [0.29, 0.717) is 0 Å². The number of alkyl halides is 6. The molecule has 0 bridgehead atoms. The average molecular weight is 771 g/mol. The van der Waals surface area contributed by atoms with Gasteiger partial charge in [-0.2, -0.15) is 26.3 Å². The van der Waals surface area contributed by atoms with E-state index in [-0.39, 0.29) is 64.6 Å². The third-order valence-corrected chi connectivity index (χ3v) is 10.4. The first-order chi connectivity index (χ1) is 25.5. The second-order valence-electron chi connectivity index (χ2n) is 12.2. The number of halogens is 6. The number of rotatable bonds is 17. The fourth-order valence-corrected chi connectivity index (χ4v) is 7.33.